The molecule has 9 rings (SSSR count). The maximum atomic E-state index is 12.5. The van der Waals surface area contributed by atoms with Gasteiger partial charge in [0, 0.05) is 45.6 Å². The Kier molecular flexibility index (Phi) is 12.8. The maximum absolute atomic E-state index is 12.5. The monoisotopic (exact) mass is 1070 g/mol. The number of rotatable bonds is 8. The predicted molar refractivity (Wildman–Crippen MR) is 282 cm³/mol. The summed E-state index contributed by atoms with van der Waals surface area (Å²) < 4.78 is 11.5. The number of aromatic hydroxyl groups is 1. The predicted octanol–water partition coefficient (Wildman–Crippen LogP) is 16.9. The molecule has 68 heavy (non-hydrogen) atoms. The Balaban J connectivity index is 0.00000642. The van der Waals surface area contributed by atoms with Crippen LogP contribution in [0.1, 0.15) is 106 Å². The van der Waals surface area contributed by atoms with Crippen LogP contribution in [0.2, 0.25) is 0 Å². The molecule has 7 aromatic carbocycles. The van der Waals surface area contributed by atoms with Crippen LogP contribution in [0.15, 0.2) is 164 Å². The van der Waals surface area contributed by atoms with E-state index < -0.39 is 5.89 Å². The summed E-state index contributed by atoms with van der Waals surface area (Å²) in [6.45, 7) is 23.6. The molecule has 2 aromatic heterocycles. The molecule has 0 fully saturated rings. The van der Waals surface area contributed by atoms with Gasteiger partial charge < -0.3 is 5.11 Å². The molecule has 9 aromatic rings. The van der Waals surface area contributed by atoms with E-state index in [1.807, 2.05) is 44.3 Å². The summed E-state index contributed by atoms with van der Waals surface area (Å²) in [7, 11) is 0. The summed E-state index contributed by atoms with van der Waals surface area (Å²) in [6.07, 6.45) is 1.89. The van der Waals surface area contributed by atoms with Crippen LogP contribution in [0.5, 0.6) is 5.75 Å². The number of benzene rings is 7. The molecule has 0 unspecified atom stereocenters. The first-order chi connectivity index (χ1) is 32.1. The SMILES string of the molecule is [2H]C(C)(C)c1cc(-c2ccccc2)cc(-n2c(-c3cc(C(C)(C)C)cc(C(C)(C)C)c3O)nc3c(-c4[c-]c(-c5cc(-c6ccc(C(C)(C)C)cc6)ccn5)cc(-c5ccccc5)c4)cccc32)c1.[Pt]. The quantitative estimate of drug-likeness (QED) is 0.154. The summed E-state index contributed by atoms with van der Waals surface area (Å²) in [6, 6.07) is 59.1. The van der Waals surface area contributed by atoms with Gasteiger partial charge in [0.1, 0.15) is 11.6 Å². The second-order valence-electron chi connectivity index (χ2n) is 21.3. The number of aromatic nitrogens is 3. The van der Waals surface area contributed by atoms with Gasteiger partial charge in [-0.15, -0.1) is 23.8 Å². The third-order valence-electron chi connectivity index (χ3n) is 13.0. The summed E-state index contributed by atoms with van der Waals surface area (Å²) in [5.41, 5.74) is 16.6. The van der Waals surface area contributed by atoms with E-state index >= 15 is 0 Å². The van der Waals surface area contributed by atoms with E-state index in [9.17, 15) is 6.48 Å². The van der Waals surface area contributed by atoms with Gasteiger partial charge >= 0.3 is 0 Å². The summed E-state index contributed by atoms with van der Waals surface area (Å²) >= 11 is 0. The molecule has 0 aliphatic rings. The molecule has 0 amide bonds. The van der Waals surface area contributed by atoms with Crippen LogP contribution in [0, 0.1) is 6.07 Å². The van der Waals surface area contributed by atoms with Crippen molar-refractivity contribution in [3.8, 4) is 78.6 Å². The van der Waals surface area contributed by atoms with Gasteiger partial charge in [0.15, 0.2) is 0 Å². The van der Waals surface area contributed by atoms with Gasteiger partial charge in [0.05, 0.1) is 16.6 Å². The van der Waals surface area contributed by atoms with E-state index in [2.05, 4.69) is 206 Å². The number of nitrogens with zero attached hydrogens (tertiary/aromatic N) is 3. The van der Waals surface area contributed by atoms with Crippen LogP contribution in [0.25, 0.3) is 83.9 Å². The van der Waals surface area contributed by atoms with Crippen molar-refractivity contribution in [3.63, 3.8) is 0 Å². The van der Waals surface area contributed by atoms with Crippen LogP contribution in [0.3, 0.4) is 0 Å². The minimum atomic E-state index is -0.903. The number of phenols is 1. The molecule has 0 aliphatic heterocycles. The normalized spacial score (nSPS) is 12.5. The molecular formula is C63H62N3OPt-. The van der Waals surface area contributed by atoms with Crippen molar-refractivity contribution in [1.82, 2.24) is 14.5 Å². The molecule has 0 aliphatic carbocycles. The van der Waals surface area contributed by atoms with Crippen molar-refractivity contribution in [2.75, 3.05) is 0 Å². The number of fused-ring (bicyclic) bond motifs is 1. The zero-order valence-electron chi connectivity index (χ0n) is 42.2. The molecule has 4 nitrogen and oxygen atoms in total. The Morgan fingerprint density at radius 1 is 0.544 bits per heavy atom. The van der Waals surface area contributed by atoms with Crippen LogP contribution >= 0.6 is 0 Å². The van der Waals surface area contributed by atoms with E-state index in [-0.39, 0.29) is 43.1 Å². The molecular weight excluding hydrogens is 1010 g/mol. The summed E-state index contributed by atoms with van der Waals surface area (Å²) in [4.78, 5) is 10.6. The van der Waals surface area contributed by atoms with Gasteiger partial charge in [0.25, 0.3) is 0 Å². The first-order valence-electron chi connectivity index (χ1n) is 24.0. The molecule has 2 heterocycles. The Hall–Kier alpha value is -6.35. The Morgan fingerprint density at radius 2 is 1.15 bits per heavy atom. The molecule has 5 heteroatoms. The average molecular weight is 1070 g/mol. The smallest absolute Gasteiger partial charge is 0.148 e. The summed E-state index contributed by atoms with van der Waals surface area (Å²) in [5.74, 6) is -0.0751. The third kappa shape index (κ3) is 9.67. The molecule has 0 radical (unpaired) electrons. The first-order valence-corrected chi connectivity index (χ1v) is 23.5. The van der Waals surface area contributed by atoms with Crippen molar-refractivity contribution in [3.05, 3.63) is 192 Å². The van der Waals surface area contributed by atoms with E-state index in [0.717, 1.165) is 89.2 Å². The molecule has 0 atom stereocenters. The number of pyridine rings is 1. The van der Waals surface area contributed by atoms with Crippen molar-refractivity contribution < 1.29 is 27.5 Å². The number of hydrogen-bond acceptors (Lipinski definition) is 3. The maximum Gasteiger partial charge on any atom is 0.148 e. The number of imidazole rings is 1. The van der Waals surface area contributed by atoms with E-state index in [4.69, 9.17) is 9.97 Å². The second kappa shape index (κ2) is 18.6. The third-order valence-corrected chi connectivity index (χ3v) is 13.0. The topological polar surface area (TPSA) is 50.9 Å². The average Bonchev–Trinajstić information content (AvgIpc) is 3.70. The van der Waals surface area contributed by atoms with Crippen LogP contribution in [0.4, 0.5) is 0 Å². The standard InChI is InChI=1S/C63H62N3O.Pt/c1-40(2)45-31-47(42-21-16-13-17-22-42)36-52(35-45)66-57-24-18-23-53(58(57)65-60(66)54-38-51(62(6,7)8)39-55(59(54)67)63(9,10)11)48-32-46(41-19-14-12-15-20-41)33-49(34-48)56-37-44(29-30-64-56)43-25-27-50(28-26-43)61(3,4)5;/h12-33,35-40,67H,1-11H3;/q-1;/i40D;. The van der Waals surface area contributed by atoms with Crippen LogP contribution in [-0.4, -0.2) is 19.6 Å². The summed E-state index contributed by atoms with van der Waals surface area (Å²) in [5, 5.41) is 12.5. The van der Waals surface area contributed by atoms with Crippen molar-refractivity contribution in [2.24, 2.45) is 0 Å². The molecule has 0 bridgehead atoms. The fraction of sp³-hybridized carbons (Fsp3) is 0.238. The fourth-order valence-electron chi connectivity index (χ4n) is 8.96. The fourth-order valence-corrected chi connectivity index (χ4v) is 8.96. The molecule has 0 spiro atoms. The molecule has 1 N–H and O–H groups in total. The van der Waals surface area contributed by atoms with Gasteiger partial charge in [-0.3, -0.25) is 9.55 Å². The van der Waals surface area contributed by atoms with Crippen LogP contribution in [-0.2, 0) is 37.3 Å². The zero-order valence-corrected chi connectivity index (χ0v) is 43.5. The minimum Gasteiger partial charge on any atom is -0.507 e. The van der Waals surface area contributed by atoms with E-state index in [1.165, 1.54) is 5.56 Å². The van der Waals surface area contributed by atoms with Gasteiger partial charge in [-0.1, -0.05) is 208 Å². The second-order valence-corrected chi connectivity index (χ2v) is 21.3. The Labute approximate surface area is 419 Å². The zero-order chi connectivity index (χ0) is 48.3. The van der Waals surface area contributed by atoms with Crippen molar-refractivity contribution in [2.45, 2.75) is 98.3 Å². The van der Waals surface area contributed by atoms with Crippen molar-refractivity contribution >= 4 is 11.0 Å². The van der Waals surface area contributed by atoms with Gasteiger partial charge in [0.2, 0.25) is 0 Å². The first kappa shape index (κ1) is 46.7. The van der Waals surface area contributed by atoms with Gasteiger partial charge in [-0.25, -0.2) is 4.98 Å². The van der Waals surface area contributed by atoms with E-state index in [0.29, 0.717) is 11.4 Å². The number of phenolic OH excluding ortho intramolecular Hbond substituents is 1. The van der Waals surface area contributed by atoms with Gasteiger partial charge in [-0.2, -0.15) is 0 Å². The van der Waals surface area contributed by atoms with Crippen molar-refractivity contribution in [1.29, 1.82) is 0 Å². The van der Waals surface area contributed by atoms with E-state index in [1.54, 1.807) is 0 Å². The number of para-hydroxylation sites is 1. The molecule has 346 valence electrons. The largest absolute Gasteiger partial charge is 0.507 e. The minimum absolute atomic E-state index is 0. The number of hydrogen-bond donors (Lipinski definition) is 1. The molecule has 0 saturated carbocycles. The molecule has 0 saturated heterocycles. The van der Waals surface area contributed by atoms with Gasteiger partial charge in [-0.05, 0) is 97.0 Å². The van der Waals surface area contributed by atoms with Crippen LogP contribution < -0.4 is 0 Å². The Bertz CT molecular complexity index is 3310. The Morgan fingerprint density at radius 3 is 1.75 bits per heavy atom.